The largest absolute Gasteiger partial charge is 0.468 e. The minimum Gasteiger partial charge on any atom is -0.468 e. The summed E-state index contributed by atoms with van der Waals surface area (Å²) in [7, 11) is 1.29. The van der Waals surface area contributed by atoms with Crippen LogP contribution in [0.25, 0.3) is 0 Å². The summed E-state index contributed by atoms with van der Waals surface area (Å²) in [4.78, 5) is 23.6. The number of hydrogen-bond donors (Lipinski definition) is 4. The molecule has 0 fully saturated rings. The van der Waals surface area contributed by atoms with E-state index in [1.54, 1.807) is 0 Å². The highest BCUT2D eigenvalue weighted by molar-refractivity contribution is 5.84. The topological polar surface area (TPSA) is 119 Å². The van der Waals surface area contributed by atoms with Gasteiger partial charge in [-0.3, -0.25) is 9.59 Å². The fourth-order valence-electron chi connectivity index (χ4n) is 2.15. The number of benzene rings is 1. The first-order valence-electron chi connectivity index (χ1n) is 8.28. The Kier molecular flexibility index (Phi) is 10.2. The van der Waals surface area contributed by atoms with Gasteiger partial charge in [-0.05, 0) is 12.0 Å². The molecule has 2 atom stereocenters. The molecular formula is C18H28N4O3. The van der Waals surface area contributed by atoms with E-state index in [1.165, 1.54) is 7.11 Å². The van der Waals surface area contributed by atoms with Crippen LogP contribution in [0.15, 0.2) is 42.5 Å². The van der Waals surface area contributed by atoms with Crippen LogP contribution < -0.4 is 22.1 Å². The van der Waals surface area contributed by atoms with E-state index in [2.05, 4.69) is 15.4 Å². The summed E-state index contributed by atoms with van der Waals surface area (Å²) in [5, 5.41) is 5.76. The van der Waals surface area contributed by atoms with Gasteiger partial charge in [-0.15, -0.1) is 0 Å². The van der Waals surface area contributed by atoms with Crippen LogP contribution in [0.3, 0.4) is 0 Å². The van der Waals surface area contributed by atoms with Crippen LogP contribution in [0.2, 0.25) is 0 Å². The average molecular weight is 348 g/mol. The maximum absolute atomic E-state index is 12.4. The maximum Gasteiger partial charge on any atom is 0.325 e. The highest BCUT2D eigenvalue weighted by Gasteiger charge is 2.16. The zero-order valence-corrected chi connectivity index (χ0v) is 14.6. The first-order chi connectivity index (χ1) is 12.1. The van der Waals surface area contributed by atoms with E-state index < -0.39 is 5.97 Å². The number of hydrogen-bond acceptors (Lipinski definition) is 6. The molecule has 0 bridgehead atoms. The molecule has 0 radical (unpaired) electrons. The molecule has 0 unspecified atom stereocenters. The van der Waals surface area contributed by atoms with E-state index in [-0.39, 0.29) is 24.4 Å². The first-order valence-corrected chi connectivity index (χ1v) is 8.28. The Labute approximate surface area is 148 Å². The van der Waals surface area contributed by atoms with Crippen LogP contribution >= 0.6 is 0 Å². The molecule has 0 aromatic heterocycles. The number of ether oxygens (including phenoxy) is 1. The van der Waals surface area contributed by atoms with Crippen molar-refractivity contribution in [3.05, 3.63) is 48.0 Å². The van der Waals surface area contributed by atoms with E-state index in [4.69, 9.17) is 11.5 Å². The van der Waals surface area contributed by atoms with Crippen molar-refractivity contribution in [1.29, 1.82) is 0 Å². The third kappa shape index (κ3) is 8.99. The van der Waals surface area contributed by atoms with Crippen LogP contribution in [0.4, 0.5) is 0 Å². The molecule has 1 aromatic carbocycles. The lowest BCUT2D eigenvalue weighted by Crippen LogP contribution is -2.39. The number of nitrogens with one attached hydrogen (secondary N) is 2. The van der Waals surface area contributed by atoms with Gasteiger partial charge in [-0.1, -0.05) is 42.5 Å². The predicted molar refractivity (Wildman–Crippen MR) is 97.7 cm³/mol. The molecule has 6 N–H and O–H groups in total. The van der Waals surface area contributed by atoms with Crippen LogP contribution in [0, 0.1) is 5.92 Å². The summed E-state index contributed by atoms with van der Waals surface area (Å²) in [5.74, 6) is -1.07. The number of methoxy groups -OCH3 is 1. The highest BCUT2D eigenvalue weighted by atomic mass is 16.5. The molecule has 1 amide bonds. The molecule has 0 spiro atoms. The fraction of sp³-hybridized carbons (Fsp3) is 0.444. The number of amides is 1. The fourth-order valence-corrected chi connectivity index (χ4v) is 2.15. The van der Waals surface area contributed by atoms with Gasteiger partial charge in [0.25, 0.3) is 0 Å². The summed E-state index contributed by atoms with van der Waals surface area (Å²) in [5.41, 5.74) is 12.2. The summed E-state index contributed by atoms with van der Waals surface area (Å²) < 4.78 is 4.54. The van der Waals surface area contributed by atoms with Gasteiger partial charge in [-0.2, -0.15) is 0 Å². The molecular weight excluding hydrogens is 320 g/mol. The van der Waals surface area contributed by atoms with Crippen molar-refractivity contribution in [2.24, 2.45) is 17.4 Å². The van der Waals surface area contributed by atoms with Crippen LogP contribution in [0.5, 0.6) is 0 Å². The van der Waals surface area contributed by atoms with Crippen molar-refractivity contribution >= 4 is 11.9 Å². The van der Waals surface area contributed by atoms with Gasteiger partial charge in [0, 0.05) is 25.7 Å². The first kappa shape index (κ1) is 20.8. The molecule has 0 saturated heterocycles. The highest BCUT2D eigenvalue weighted by Crippen LogP contribution is 2.10. The van der Waals surface area contributed by atoms with Gasteiger partial charge in [-0.25, -0.2) is 0 Å². The van der Waals surface area contributed by atoms with Crippen molar-refractivity contribution in [2.45, 2.75) is 12.5 Å². The lowest BCUT2D eigenvalue weighted by molar-refractivity contribution is -0.141. The second-order valence-electron chi connectivity index (χ2n) is 5.67. The molecule has 1 rings (SSSR count). The molecule has 0 aliphatic carbocycles. The van der Waals surface area contributed by atoms with Gasteiger partial charge in [0.05, 0.1) is 13.0 Å². The lowest BCUT2D eigenvalue weighted by atomic mass is 9.98. The zero-order chi connectivity index (χ0) is 18.5. The van der Waals surface area contributed by atoms with E-state index in [0.29, 0.717) is 26.1 Å². The predicted octanol–water partition coefficient (Wildman–Crippen LogP) is -0.434. The smallest absolute Gasteiger partial charge is 0.325 e. The summed E-state index contributed by atoms with van der Waals surface area (Å²) >= 11 is 0. The third-order valence-corrected chi connectivity index (χ3v) is 3.61. The number of carbonyl (C=O) groups is 2. The molecule has 1 aromatic rings. The Morgan fingerprint density at radius 3 is 2.64 bits per heavy atom. The molecule has 0 heterocycles. The Balaban J connectivity index is 2.60. The Morgan fingerprint density at radius 1 is 1.28 bits per heavy atom. The van der Waals surface area contributed by atoms with Gasteiger partial charge in [0.2, 0.25) is 5.91 Å². The Hall–Kier alpha value is -2.22. The van der Waals surface area contributed by atoms with Crippen molar-refractivity contribution < 1.29 is 14.3 Å². The molecule has 0 aliphatic rings. The second-order valence-corrected chi connectivity index (χ2v) is 5.67. The lowest BCUT2D eigenvalue weighted by Gasteiger charge is -2.13. The minimum atomic E-state index is -0.478. The monoisotopic (exact) mass is 348 g/mol. The quantitative estimate of drug-likeness (QED) is 0.245. The minimum absolute atomic E-state index is 0.0862. The van der Waals surface area contributed by atoms with E-state index in [9.17, 15) is 9.59 Å². The van der Waals surface area contributed by atoms with Crippen LogP contribution in [-0.4, -0.2) is 51.2 Å². The van der Waals surface area contributed by atoms with E-state index >= 15 is 0 Å². The number of nitrogens with two attached hydrogens (primary N) is 2. The number of rotatable bonds is 11. The van der Waals surface area contributed by atoms with Gasteiger partial charge in [0.1, 0.15) is 6.54 Å². The maximum atomic E-state index is 12.4. The van der Waals surface area contributed by atoms with Crippen LogP contribution in [-0.2, 0) is 20.7 Å². The zero-order valence-electron chi connectivity index (χ0n) is 14.6. The van der Waals surface area contributed by atoms with Crippen molar-refractivity contribution in [3.63, 3.8) is 0 Å². The summed E-state index contributed by atoms with van der Waals surface area (Å²) in [6.07, 6.45) is 4.27. The van der Waals surface area contributed by atoms with Gasteiger partial charge < -0.3 is 26.8 Å². The van der Waals surface area contributed by atoms with E-state index in [0.717, 1.165) is 5.56 Å². The normalized spacial score (nSPS) is 13.4. The molecule has 138 valence electrons. The molecule has 0 aliphatic heterocycles. The molecule has 7 nitrogen and oxygen atoms in total. The van der Waals surface area contributed by atoms with Crippen molar-refractivity contribution in [3.8, 4) is 0 Å². The summed E-state index contributed by atoms with van der Waals surface area (Å²) in [6.45, 7) is 1.48. The average Bonchev–Trinajstić information content (AvgIpc) is 2.65. The number of carbonyl (C=O) groups excluding carboxylic acids is 2. The van der Waals surface area contributed by atoms with Crippen LogP contribution in [0.1, 0.15) is 5.56 Å². The third-order valence-electron chi connectivity index (χ3n) is 3.61. The van der Waals surface area contributed by atoms with Crippen molar-refractivity contribution in [2.75, 3.05) is 33.3 Å². The summed E-state index contributed by atoms with van der Waals surface area (Å²) in [6, 6.07) is 9.63. The molecule has 7 heteroatoms. The standard InChI is InChI=1S/C18H28N4O3/c1-25-17(23)13-22-18(24)15(10-14-6-3-2-4-7-14)8-5-9-21-12-16(20)11-19/h2-8,15-16,21H,9-13,19-20H2,1H3,(H,22,24)/b8-5+/t15-,16-/m0/s1. The second kappa shape index (κ2) is 12.2. The number of esters is 1. The molecule has 25 heavy (non-hydrogen) atoms. The Morgan fingerprint density at radius 2 is 2.00 bits per heavy atom. The van der Waals surface area contributed by atoms with Gasteiger partial charge in [0.15, 0.2) is 0 Å². The van der Waals surface area contributed by atoms with Crippen molar-refractivity contribution in [1.82, 2.24) is 10.6 Å². The SMILES string of the molecule is COC(=O)CNC(=O)[C@@H](/C=C/CNC[C@@H](N)CN)Cc1ccccc1. The Bertz CT molecular complexity index is 549. The van der Waals surface area contributed by atoms with Gasteiger partial charge >= 0.3 is 5.97 Å². The molecule has 0 saturated carbocycles. The van der Waals surface area contributed by atoms with E-state index in [1.807, 2.05) is 42.5 Å².